The van der Waals surface area contributed by atoms with Crippen molar-refractivity contribution in [2.75, 3.05) is 0 Å². The molecule has 0 amide bonds. The fourth-order valence-electron chi connectivity index (χ4n) is 2.11. The third-order valence-corrected chi connectivity index (χ3v) is 3.39. The van der Waals surface area contributed by atoms with Crippen LogP contribution in [0.3, 0.4) is 0 Å². The summed E-state index contributed by atoms with van der Waals surface area (Å²) in [7, 11) is 0. The zero-order valence-electron chi connectivity index (χ0n) is 11.9. The molecule has 0 fully saturated rings. The summed E-state index contributed by atoms with van der Waals surface area (Å²) in [5, 5.41) is 3.06. The number of nitrogens with two attached hydrogens (primary N) is 1. The third kappa shape index (κ3) is 2.49. The number of nitrogens with zero attached hydrogens (tertiary/aromatic N) is 1. The molecule has 4 nitrogen and oxygen atoms in total. The van der Waals surface area contributed by atoms with E-state index in [1.54, 1.807) is 4.68 Å². The number of aryl methyl sites for hydroxylation is 1. The van der Waals surface area contributed by atoms with Crippen molar-refractivity contribution in [2.24, 2.45) is 5.73 Å². The van der Waals surface area contributed by atoms with E-state index in [0.29, 0.717) is 5.56 Å². The summed E-state index contributed by atoms with van der Waals surface area (Å²) in [6, 6.07) is 8.02. The summed E-state index contributed by atoms with van der Waals surface area (Å²) in [5.74, 6) is 0. The Bertz CT molecular complexity index is 627. The molecule has 2 rings (SSSR count). The maximum absolute atomic E-state index is 12.2. The summed E-state index contributed by atoms with van der Waals surface area (Å²) in [6.45, 7) is 8.62. The van der Waals surface area contributed by atoms with E-state index in [1.807, 2.05) is 19.1 Å². The van der Waals surface area contributed by atoms with Crippen LogP contribution in [0.25, 0.3) is 5.69 Å². The van der Waals surface area contributed by atoms with Crippen LogP contribution in [0.2, 0.25) is 0 Å². The van der Waals surface area contributed by atoms with Crippen LogP contribution in [0.1, 0.15) is 37.6 Å². The highest BCUT2D eigenvalue weighted by Crippen LogP contribution is 2.22. The number of H-pyrrole nitrogens is 1. The van der Waals surface area contributed by atoms with Crippen molar-refractivity contribution in [3.05, 3.63) is 51.4 Å². The SMILES string of the molecule is Cc1[nH]n(-c2ccc(C(C)(C)C)cc2)c(=O)c1CN. The number of aromatic nitrogens is 2. The van der Waals surface area contributed by atoms with Gasteiger partial charge in [0.1, 0.15) is 0 Å². The number of hydrogen-bond acceptors (Lipinski definition) is 2. The van der Waals surface area contributed by atoms with Crippen molar-refractivity contribution in [2.45, 2.75) is 39.7 Å². The molecular weight excluding hydrogens is 238 g/mol. The first kappa shape index (κ1) is 13.6. The van der Waals surface area contributed by atoms with Crippen molar-refractivity contribution in [3.63, 3.8) is 0 Å². The van der Waals surface area contributed by atoms with Crippen LogP contribution in [-0.4, -0.2) is 9.78 Å². The largest absolute Gasteiger partial charge is 0.326 e. The normalized spacial score (nSPS) is 11.8. The van der Waals surface area contributed by atoms with E-state index in [9.17, 15) is 4.79 Å². The molecule has 1 heterocycles. The van der Waals surface area contributed by atoms with Gasteiger partial charge in [0.05, 0.1) is 11.3 Å². The van der Waals surface area contributed by atoms with Gasteiger partial charge in [-0.1, -0.05) is 32.9 Å². The molecule has 0 aliphatic heterocycles. The van der Waals surface area contributed by atoms with E-state index in [1.165, 1.54) is 5.56 Å². The Balaban J connectivity index is 2.46. The van der Waals surface area contributed by atoms with E-state index < -0.39 is 0 Å². The van der Waals surface area contributed by atoms with Gasteiger partial charge in [0.2, 0.25) is 0 Å². The Morgan fingerprint density at radius 3 is 2.21 bits per heavy atom. The van der Waals surface area contributed by atoms with E-state index in [-0.39, 0.29) is 17.5 Å². The number of hydrogen-bond donors (Lipinski definition) is 2. The quantitative estimate of drug-likeness (QED) is 0.868. The number of nitrogens with one attached hydrogen (secondary N) is 1. The monoisotopic (exact) mass is 259 g/mol. The molecule has 0 spiro atoms. The smallest absolute Gasteiger partial charge is 0.275 e. The van der Waals surface area contributed by atoms with E-state index in [0.717, 1.165) is 11.4 Å². The number of aromatic amines is 1. The van der Waals surface area contributed by atoms with Crippen LogP contribution < -0.4 is 11.3 Å². The molecule has 0 radical (unpaired) electrons. The molecule has 0 saturated heterocycles. The van der Waals surface area contributed by atoms with Crippen LogP contribution in [-0.2, 0) is 12.0 Å². The van der Waals surface area contributed by atoms with Gasteiger partial charge in [-0.05, 0) is 30.0 Å². The highest BCUT2D eigenvalue weighted by molar-refractivity contribution is 5.37. The summed E-state index contributed by atoms with van der Waals surface area (Å²) in [4.78, 5) is 12.2. The molecule has 3 N–H and O–H groups in total. The van der Waals surface area contributed by atoms with E-state index >= 15 is 0 Å². The molecule has 2 aromatic rings. The predicted molar refractivity (Wildman–Crippen MR) is 77.7 cm³/mol. The van der Waals surface area contributed by atoms with Crippen molar-refractivity contribution in [1.29, 1.82) is 0 Å². The van der Waals surface area contributed by atoms with Gasteiger partial charge in [0.25, 0.3) is 5.56 Å². The first-order valence-corrected chi connectivity index (χ1v) is 6.46. The van der Waals surface area contributed by atoms with Crippen molar-refractivity contribution < 1.29 is 0 Å². The van der Waals surface area contributed by atoms with Gasteiger partial charge in [0, 0.05) is 12.2 Å². The lowest BCUT2D eigenvalue weighted by Crippen LogP contribution is -2.19. The minimum absolute atomic E-state index is 0.0662. The van der Waals surface area contributed by atoms with Gasteiger partial charge in [-0.3, -0.25) is 9.89 Å². The fraction of sp³-hybridized carbons (Fsp3) is 0.400. The van der Waals surface area contributed by atoms with Gasteiger partial charge in [-0.25, -0.2) is 4.68 Å². The highest BCUT2D eigenvalue weighted by Gasteiger charge is 2.14. The minimum atomic E-state index is -0.0662. The zero-order valence-corrected chi connectivity index (χ0v) is 11.9. The van der Waals surface area contributed by atoms with E-state index in [2.05, 4.69) is 38.0 Å². The van der Waals surface area contributed by atoms with E-state index in [4.69, 9.17) is 5.73 Å². The highest BCUT2D eigenvalue weighted by atomic mass is 16.1. The van der Waals surface area contributed by atoms with Crippen LogP contribution in [0.4, 0.5) is 0 Å². The van der Waals surface area contributed by atoms with Gasteiger partial charge < -0.3 is 5.73 Å². The molecule has 0 aliphatic carbocycles. The Kier molecular flexibility index (Phi) is 3.37. The maximum atomic E-state index is 12.2. The Morgan fingerprint density at radius 2 is 1.79 bits per heavy atom. The molecule has 1 aromatic carbocycles. The molecule has 1 aromatic heterocycles. The van der Waals surface area contributed by atoms with Crippen LogP contribution in [0, 0.1) is 6.92 Å². The average molecular weight is 259 g/mol. The van der Waals surface area contributed by atoms with Gasteiger partial charge in [-0.15, -0.1) is 0 Å². The molecule has 102 valence electrons. The second kappa shape index (κ2) is 4.70. The second-order valence-electron chi connectivity index (χ2n) is 5.86. The number of rotatable bonds is 2. The topological polar surface area (TPSA) is 63.8 Å². The summed E-state index contributed by atoms with van der Waals surface area (Å²) < 4.78 is 1.55. The maximum Gasteiger partial charge on any atom is 0.275 e. The van der Waals surface area contributed by atoms with Gasteiger partial charge >= 0.3 is 0 Å². The molecule has 0 saturated carbocycles. The minimum Gasteiger partial charge on any atom is -0.326 e. The van der Waals surface area contributed by atoms with Crippen LogP contribution in [0.15, 0.2) is 29.1 Å². The lowest BCUT2D eigenvalue weighted by molar-refractivity contribution is 0.590. The Hall–Kier alpha value is -1.81. The second-order valence-corrected chi connectivity index (χ2v) is 5.86. The predicted octanol–water partition coefficient (Wildman–Crippen LogP) is 2.23. The summed E-state index contributed by atoms with van der Waals surface area (Å²) in [6.07, 6.45) is 0. The van der Waals surface area contributed by atoms with Crippen molar-refractivity contribution >= 4 is 0 Å². The molecule has 0 aliphatic rings. The summed E-state index contributed by atoms with van der Waals surface area (Å²) in [5.41, 5.74) is 9.17. The zero-order chi connectivity index (χ0) is 14.2. The molecule has 4 heteroatoms. The van der Waals surface area contributed by atoms with Crippen molar-refractivity contribution in [1.82, 2.24) is 9.78 Å². The molecular formula is C15H21N3O. The third-order valence-electron chi connectivity index (χ3n) is 3.39. The Labute approximate surface area is 113 Å². The number of benzene rings is 1. The molecule has 19 heavy (non-hydrogen) atoms. The lowest BCUT2D eigenvalue weighted by Gasteiger charge is -2.19. The van der Waals surface area contributed by atoms with Gasteiger partial charge in [0.15, 0.2) is 0 Å². The molecule has 0 bridgehead atoms. The molecule has 0 atom stereocenters. The van der Waals surface area contributed by atoms with Crippen LogP contribution >= 0.6 is 0 Å². The summed E-state index contributed by atoms with van der Waals surface area (Å²) >= 11 is 0. The van der Waals surface area contributed by atoms with Gasteiger partial charge in [-0.2, -0.15) is 0 Å². The standard InChI is InChI=1S/C15H21N3O/c1-10-13(9-16)14(19)18(17-10)12-7-5-11(6-8-12)15(2,3)4/h5-8,17H,9,16H2,1-4H3. The van der Waals surface area contributed by atoms with Crippen molar-refractivity contribution in [3.8, 4) is 5.69 Å². The average Bonchev–Trinajstić information content (AvgIpc) is 2.63. The van der Waals surface area contributed by atoms with Crippen LogP contribution in [0.5, 0.6) is 0 Å². The first-order valence-electron chi connectivity index (χ1n) is 6.46. The fourth-order valence-corrected chi connectivity index (χ4v) is 2.11. The Morgan fingerprint density at radius 1 is 1.21 bits per heavy atom. The first-order chi connectivity index (χ1) is 8.84. The lowest BCUT2D eigenvalue weighted by atomic mass is 9.87. The molecule has 0 unspecified atom stereocenters.